The van der Waals surface area contributed by atoms with Crippen LogP contribution >= 0.6 is 0 Å². The molecule has 0 aromatic carbocycles. The van der Waals surface area contributed by atoms with Gasteiger partial charge in [-0.15, -0.1) is 0 Å². The molecule has 3 aliphatic rings. The van der Waals surface area contributed by atoms with Gasteiger partial charge < -0.3 is 10.0 Å². The molecule has 2 saturated carbocycles. The molecule has 1 heterocycles. The van der Waals surface area contributed by atoms with Crippen molar-refractivity contribution in [3.63, 3.8) is 0 Å². The van der Waals surface area contributed by atoms with Gasteiger partial charge in [0.25, 0.3) is 0 Å². The Morgan fingerprint density at radius 3 is 2.71 bits per heavy atom. The quantitative estimate of drug-likeness (QED) is 0.510. The normalized spacial score (nSPS) is 34.9. The van der Waals surface area contributed by atoms with Crippen molar-refractivity contribution >= 4 is 5.91 Å². The summed E-state index contributed by atoms with van der Waals surface area (Å²) in [6, 6.07) is 1.55. The molecule has 0 spiro atoms. The van der Waals surface area contributed by atoms with Crippen LogP contribution in [0.2, 0.25) is 0 Å². The van der Waals surface area contributed by atoms with Crippen LogP contribution in [0.15, 0.2) is 0 Å². The van der Waals surface area contributed by atoms with E-state index in [4.69, 9.17) is 5.84 Å². The number of piperidine rings is 1. The predicted molar refractivity (Wildman–Crippen MR) is 76.5 cm³/mol. The van der Waals surface area contributed by atoms with Gasteiger partial charge in [-0.3, -0.25) is 10.6 Å². The summed E-state index contributed by atoms with van der Waals surface area (Å²) in [5.74, 6) is 6.09. The zero-order valence-electron chi connectivity index (χ0n) is 12.3. The molecule has 0 radical (unpaired) electrons. The molecule has 0 aromatic heterocycles. The molecule has 1 amide bonds. The Labute approximate surface area is 125 Å². The van der Waals surface area contributed by atoms with E-state index in [-0.39, 0.29) is 24.6 Å². The van der Waals surface area contributed by atoms with Crippen molar-refractivity contribution < 1.29 is 9.90 Å². The minimum Gasteiger partial charge on any atom is -0.396 e. The molecule has 3 rings (SSSR count). The number of amides is 1. The first-order valence-electron chi connectivity index (χ1n) is 7.95. The number of carbonyl (C=O) groups excluding carboxylic acids is 1. The molecule has 4 atom stereocenters. The second-order valence-corrected chi connectivity index (χ2v) is 6.87. The minimum absolute atomic E-state index is 0.0350. The standard InChI is InChI=1S/C15H24N4O2/c16-8-11-6-10-7-12(10)19(11)14(21)13(18-17)15(9-20)4-2-1-3-5-15/h10-13,18,20H,1-7,9,17H2/t10-,11+,12+,13?/m1/s1. The Hall–Kier alpha value is -1.16. The van der Waals surface area contributed by atoms with Gasteiger partial charge in [-0.2, -0.15) is 5.26 Å². The third-order valence-corrected chi connectivity index (χ3v) is 5.70. The molecule has 3 fully saturated rings. The van der Waals surface area contributed by atoms with Crippen LogP contribution in [0.5, 0.6) is 0 Å². The molecule has 0 bridgehead atoms. The average molecular weight is 292 g/mol. The first kappa shape index (κ1) is 14.8. The van der Waals surface area contributed by atoms with Gasteiger partial charge in [0.1, 0.15) is 12.1 Å². The number of nitrogens with one attached hydrogen (secondary N) is 1. The molecule has 1 saturated heterocycles. The van der Waals surface area contributed by atoms with Gasteiger partial charge in [0.05, 0.1) is 12.7 Å². The van der Waals surface area contributed by atoms with Crippen LogP contribution in [-0.2, 0) is 4.79 Å². The van der Waals surface area contributed by atoms with E-state index < -0.39 is 11.5 Å². The van der Waals surface area contributed by atoms with Crippen LogP contribution in [0.3, 0.4) is 0 Å². The summed E-state index contributed by atoms with van der Waals surface area (Å²) in [5.41, 5.74) is 2.19. The number of likely N-dealkylation sites (tertiary alicyclic amines) is 1. The lowest BCUT2D eigenvalue weighted by Crippen LogP contribution is -2.60. The van der Waals surface area contributed by atoms with E-state index >= 15 is 0 Å². The molecule has 116 valence electrons. The highest BCUT2D eigenvalue weighted by Gasteiger charge is 2.57. The lowest BCUT2D eigenvalue weighted by Gasteiger charge is -2.43. The predicted octanol–water partition coefficient (Wildman–Crippen LogP) is 0.274. The van der Waals surface area contributed by atoms with E-state index in [1.165, 1.54) is 0 Å². The van der Waals surface area contributed by atoms with Gasteiger partial charge in [0.15, 0.2) is 0 Å². The molecule has 1 aliphatic heterocycles. The number of fused-ring (bicyclic) bond motifs is 1. The highest BCUT2D eigenvalue weighted by Crippen LogP contribution is 2.49. The number of aliphatic hydroxyl groups is 1. The van der Waals surface area contributed by atoms with E-state index in [1.54, 1.807) is 4.90 Å². The van der Waals surface area contributed by atoms with Crippen LogP contribution in [0.4, 0.5) is 0 Å². The van der Waals surface area contributed by atoms with E-state index in [9.17, 15) is 15.2 Å². The number of nitriles is 1. The zero-order chi connectivity index (χ0) is 15.0. The van der Waals surface area contributed by atoms with Gasteiger partial charge in [-0.25, -0.2) is 5.43 Å². The van der Waals surface area contributed by atoms with Crippen LogP contribution in [0.25, 0.3) is 0 Å². The molecular weight excluding hydrogens is 268 g/mol. The topological polar surface area (TPSA) is 102 Å². The third-order valence-electron chi connectivity index (χ3n) is 5.70. The number of rotatable bonds is 4. The molecule has 21 heavy (non-hydrogen) atoms. The maximum Gasteiger partial charge on any atom is 0.243 e. The monoisotopic (exact) mass is 292 g/mol. The molecule has 6 heteroatoms. The van der Waals surface area contributed by atoms with Gasteiger partial charge in [0.2, 0.25) is 5.91 Å². The zero-order valence-corrected chi connectivity index (χ0v) is 12.3. The van der Waals surface area contributed by atoms with Gasteiger partial charge in [0, 0.05) is 11.5 Å². The highest BCUT2D eigenvalue weighted by atomic mass is 16.3. The first-order valence-corrected chi connectivity index (χ1v) is 7.95. The number of nitrogens with two attached hydrogens (primary N) is 1. The molecule has 2 aliphatic carbocycles. The Morgan fingerprint density at radius 2 is 2.14 bits per heavy atom. The van der Waals surface area contributed by atoms with Crippen molar-refractivity contribution in [2.24, 2.45) is 17.2 Å². The van der Waals surface area contributed by atoms with Crippen LogP contribution in [0.1, 0.15) is 44.9 Å². The smallest absolute Gasteiger partial charge is 0.243 e. The number of carbonyl (C=O) groups is 1. The number of hydrogen-bond donors (Lipinski definition) is 3. The highest BCUT2D eigenvalue weighted by molar-refractivity contribution is 5.84. The maximum absolute atomic E-state index is 13.0. The molecule has 0 aromatic rings. The molecular formula is C15H24N4O2. The summed E-state index contributed by atoms with van der Waals surface area (Å²) in [7, 11) is 0. The van der Waals surface area contributed by atoms with Crippen molar-refractivity contribution in [3.05, 3.63) is 0 Å². The fourth-order valence-electron chi connectivity index (χ4n) is 4.34. The Kier molecular flexibility index (Phi) is 3.91. The number of aliphatic hydroxyl groups excluding tert-OH is 1. The second kappa shape index (κ2) is 5.56. The number of hydrogen-bond acceptors (Lipinski definition) is 5. The summed E-state index contributed by atoms with van der Waals surface area (Å²) in [6.45, 7) is -0.0350. The largest absolute Gasteiger partial charge is 0.396 e. The molecule has 6 nitrogen and oxygen atoms in total. The van der Waals surface area contributed by atoms with Gasteiger partial charge in [-0.1, -0.05) is 19.3 Å². The van der Waals surface area contributed by atoms with E-state index in [1.807, 2.05) is 0 Å². The summed E-state index contributed by atoms with van der Waals surface area (Å²) in [4.78, 5) is 14.7. The number of hydrazine groups is 1. The van der Waals surface area contributed by atoms with Gasteiger partial charge >= 0.3 is 0 Å². The van der Waals surface area contributed by atoms with E-state index in [0.717, 1.165) is 44.9 Å². The fourth-order valence-corrected chi connectivity index (χ4v) is 4.34. The van der Waals surface area contributed by atoms with Crippen molar-refractivity contribution in [1.82, 2.24) is 10.3 Å². The first-order chi connectivity index (χ1) is 10.2. The summed E-state index contributed by atoms with van der Waals surface area (Å²) in [6.07, 6.45) is 6.58. The summed E-state index contributed by atoms with van der Waals surface area (Å²) >= 11 is 0. The van der Waals surface area contributed by atoms with Crippen molar-refractivity contribution in [2.75, 3.05) is 6.61 Å². The number of nitrogens with zero attached hydrogens (tertiary/aromatic N) is 2. The Balaban J connectivity index is 1.82. The van der Waals surface area contributed by atoms with Crippen LogP contribution < -0.4 is 11.3 Å². The Bertz CT molecular complexity index is 455. The average Bonchev–Trinajstić information content (AvgIpc) is 3.19. The lowest BCUT2D eigenvalue weighted by molar-refractivity contribution is -0.140. The summed E-state index contributed by atoms with van der Waals surface area (Å²) < 4.78 is 0. The minimum atomic E-state index is -0.585. The summed E-state index contributed by atoms with van der Waals surface area (Å²) in [5, 5.41) is 19.2. The fraction of sp³-hybridized carbons (Fsp3) is 0.867. The van der Waals surface area contributed by atoms with Crippen molar-refractivity contribution in [2.45, 2.75) is 63.1 Å². The van der Waals surface area contributed by atoms with Crippen LogP contribution in [-0.4, -0.2) is 40.6 Å². The van der Waals surface area contributed by atoms with E-state index in [2.05, 4.69) is 11.5 Å². The lowest BCUT2D eigenvalue weighted by atomic mass is 9.69. The second-order valence-electron chi connectivity index (χ2n) is 6.87. The van der Waals surface area contributed by atoms with Gasteiger partial charge in [-0.05, 0) is 31.6 Å². The third kappa shape index (κ3) is 2.33. The van der Waals surface area contributed by atoms with Crippen molar-refractivity contribution in [1.29, 1.82) is 5.26 Å². The van der Waals surface area contributed by atoms with Crippen LogP contribution in [0, 0.1) is 22.7 Å². The maximum atomic E-state index is 13.0. The molecule has 4 N–H and O–H groups in total. The Morgan fingerprint density at radius 1 is 1.43 bits per heavy atom. The van der Waals surface area contributed by atoms with E-state index in [0.29, 0.717) is 5.92 Å². The molecule has 1 unspecified atom stereocenters. The van der Waals surface area contributed by atoms with Crippen molar-refractivity contribution in [3.8, 4) is 6.07 Å². The SMILES string of the molecule is N#C[C@@H]1C[C@@H]2C[C@@H]2N1C(=O)C(NN)C1(CO)CCCCC1.